The highest BCUT2D eigenvalue weighted by atomic mass is 15.1. The predicted molar refractivity (Wildman–Crippen MR) is 69.8 cm³/mol. The molecule has 1 aliphatic rings. The molecule has 88 valence electrons. The molecule has 1 aliphatic carbocycles. The standard InChI is InChI=1S/C14H22N2/c1-11-6-8-13(9-7-11)16(2)10-12-4-3-5-14(12)15/h6-9,12,14H,3-5,10,15H2,1-2H3. The van der Waals surface area contributed by atoms with Gasteiger partial charge in [0.1, 0.15) is 0 Å². The van der Waals surface area contributed by atoms with Crippen molar-refractivity contribution < 1.29 is 0 Å². The number of rotatable bonds is 3. The maximum atomic E-state index is 6.10. The van der Waals surface area contributed by atoms with E-state index in [4.69, 9.17) is 5.73 Å². The minimum atomic E-state index is 0.410. The molecular formula is C14H22N2. The highest BCUT2D eigenvalue weighted by molar-refractivity contribution is 5.46. The Hall–Kier alpha value is -1.02. The second-order valence-electron chi connectivity index (χ2n) is 5.07. The van der Waals surface area contributed by atoms with Crippen molar-refractivity contribution in [2.24, 2.45) is 11.7 Å². The van der Waals surface area contributed by atoms with Crippen LogP contribution in [0.1, 0.15) is 24.8 Å². The fourth-order valence-corrected chi connectivity index (χ4v) is 2.55. The number of hydrogen-bond donors (Lipinski definition) is 1. The number of nitrogens with zero attached hydrogens (tertiary/aromatic N) is 1. The molecule has 2 unspecified atom stereocenters. The van der Waals surface area contributed by atoms with Gasteiger partial charge in [-0.2, -0.15) is 0 Å². The van der Waals surface area contributed by atoms with Crippen LogP contribution in [0.15, 0.2) is 24.3 Å². The number of aryl methyl sites for hydroxylation is 1. The van der Waals surface area contributed by atoms with Gasteiger partial charge in [-0.05, 0) is 37.8 Å². The van der Waals surface area contributed by atoms with Crippen LogP contribution in [0.2, 0.25) is 0 Å². The third-order valence-electron chi connectivity index (χ3n) is 3.70. The molecule has 2 heteroatoms. The molecule has 1 saturated carbocycles. The second kappa shape index (κ2) is 4.88. The van der Waals surface area contributed by atoms with Gasteiger partial charge in [-0.15, -0.1) is 0 Å². The smallest absolute Gasteiger partial charge is 0.0363 e. The Morgan fingerprint density at radius 2 is 1.94 bits per heavy atom. The van der Waals surface area contributed by atoms with Crippen molar-refractivity contribution in [2.75, 3.05) is 18.5 Å². The Morgan fingerprint density at radius 1 is 1.25 bits per heavy atom. The van der Waals surface area contributed by atoms with E-state index in [1.165, 1.54) is 30.5 Å². The molecule has 0 aliphatic heterocycles. The Labute approximate surface area is 98.4 Å². The van der Waals surface area contributed by atoms with Gasteiger partial charge in [0.25, 0.3) is 0 Å². The van der Waals surface area contributed by atoms with Crippen molar-refractivity contribution in [3.63, 3.8) is 0 Å². The normalized spacial score (nSPS) is 24.7. The van der Waals surface area contributed by atoms with E-state index < -0.39 is 0 Å². The Balaban J connectivity index is 1.97. The highest BCUT2D eigenvalue weighted by Gasteiger charge is 2.24. The van der Waals surface area contributed by atoms with Gasteiger partial charge < -0.3 is 10.6 Å². The highest BCUT2D eigenvalue weighted by Crippen LogP contribution is 2.26. The third kappa shape index (κ3) is 2.56. The number of nitrogens with two attached hydrogens (primary N) is 1. The van der Waals surface area contributed by atoms with E-state index in [1.807, 2.05) is 0 Å². The summed E-state index contributed by atoms with van der Waals surface area (Å²) in [6.07, 6.45) is 3.79. The molecule has 0 heterocycles. The molecule has 0 amide bonds. The number of benzene rings is 1. The summed E-state index contributed by atoms with van der Waals surface area (Å²) in [5.74, 6) is 0.673. The fourth-order valence-electron chi connectivity index (χ4n) is 2.55. The molecule has 2 atom stereocenters. The summed E-state index contributed by atoms with van der Waals surface area (Å²) in [5.41, 5.74) is 8.71. The van der Waals surface area contributed by atoms with Gasteiger partial charge in [-0.25, -0.2) is 0 Å². The molecule has 2 nitrogen and oxygen atoms in total. The first-order valence-electron chi connectivity index (χ1n) is 6.20. The first-order chi connectivity index (χ1) is 7.66. The van der Waals surface area contributed by atoms with Gasteiger partial charge in [0.15, 0.2) is 0 Å². The summed E-state index contributed by atoms with van der Waals surface area (Å²) < 4.78 is 0. The van der Waals surface area contributed by atoms with Crippen molar-refractivity contribution in [2.45, 2.75) is 32.2 Å². The Morgan fingerprint density at radius 3 is 2.50 bits per heavy atom. The molecular weight excluding hydrogens is 196 g/mol. The Bertz CT molecular complexity index is 331. The first kappa shape index (κ1) is 11.5. The number of anilines is 1. The van der Waals surface area contributed by atoms with Crippen LogP contribution in [0, 0.1) is 12.8 Å². The summed E-state index contributed by atoms with van der Waals surface area (Å²) in [6, 6.07) is 9.12. The van der Waals surface area contributed by atoms with Crippen LogP contribution in [-0.2, 0) is 0 Å². The maximum Gasteiger partial charge on any atom is 0.0363 e. The summed E-state index contributed by atoms with van der Waals surface area (Å²) in [7, 11) is 2.16. The average molecular weight is 218 g/mol. The van der Waals surface area contributed by atoms with E-state index in [0.29, 0.717) is 12.0 Å². The molecule has 1 aromatic carbocycles. The largest absolute Gasteiger partial charge is 0.374 e. The van der Waals surface area contributed by atoms with Crippen LogP contribution >= 0.6 is 0 Å². The zero-order chi connectivity index (χ0) is 11.5. The molecule has 2 rings (SSSR count). The second-order valence-corrected chi connectivity index (χ2v) is 5.07. The van der Waals surface area contributed by atoms with Crippen LogP contribution < -0.4 is 10.6 Å². The lowest BCUT2D eigenvalue weighted by Crippen LogP contribution is -2.34. The quantitative estimate of drug-likeness (QED) is 0.845. The van der Waals surface area contributed by atoms with Gasteiger partial charge in [-0.3, -0.25) is 0 Å². The van der Waals surface area contributed by atoms with Crippen molar-refractivity contribution in [3.8, 4) is 0 Å². The van der Waals surface area contributed by atoms with E-state index in [9.17, 15) is 0 Å². The topological polar surface area (TPSA) is 29.3 Å². The lowest BCUT2D eigenvalue weighted by atomic mass is 10.0. The van der Waals surface area contributed by atoms with Crippen molar-refractivity contribution >= 4 is 5.69 Å². The van der Waals surface area contributed by atoms with E-state index >= 15 is 0 Å². The SMILES string of the molecule is Cc1ccc(N(C)CC2CCCC2N)cc1. The van der Waals surface area contributed by atoms with E-state index in [2.05, 4.69) is 43.1 Å². The first-order valence-corrected chi connectivity index (χ1v) is 6.20. The van der Waals surface area contributed by atoms with E-state index in [1.54, 1.807) is 0 Å². The molecule has 1 aromatic rings. The lowest BCUT2D eigenvalue weighted by molar-refractivity contribution is 0.482. The summed E-state index contributed by atoms with van der Waals surface area (Å²) in [5, 5.41) is 0. The summed E-state index contributed by atoms with van der Waals surface area (Å²) in [4.78, 5) is 2.33. The number of hydrogen-bond acceptors (Lipinski definition) is 2. The predicted octanol–water partition coefficient (Wildman–Crippen LogP) is 2.56. The molecule has 16 heavy (non-hydrogen) atoms. The van der Waals surface area contributed by atoms with Gasteiger partial charge in [0, 0.05) is 25.3 Å². The fraction of sp³-hybridized carbons (Fsp3) is 0.571. The van der Waals surface area contributed by atoms with Crippen LogP contribution in [0.25, 0.3) is 0 Å². The van der Waals surface area contributed by atoms with Gasteiger partial charge >= 0.3 is 0 Å². The van der Waals surface area contributed by atoms with Crippen LogP contribution in [0.4, 0.5) is 5.69 Å². The van der Waals surface area contributed by atoms with Crippen LogP contribution in [0.3, 0.4) is 0 Å². The Kier molecular flexibility index (Phi) is 3.49. The minimum absolute atomic E-state index is 0.410. The molecule has 0 spiro atoms. The molecule has 0 bridgehead atoms. The molecule has 0 saturated heterocycles. The van der Waals surface area contributed by atoms with E-state index in [0.717, 1.165) is 6.54 Å². The molecule has 1 fully saturated rings. The van der Waals surface area contributed by atoms with Crippen molar-refractivity contribution in [1.29, 1.82) is 0 Å². The zero-order valence-corrected chi connectivity index (χ0v) is 10.3. The zero-order valence-electron chi connectivity index (χ0n) is 10.3. The van der Waals surface area contributed by atoms with E-state index in [-0.39, 0.29) is 0 Å². The lowest BCUT2D eigenvalue weighted by Gasteiger charge is -2.25. The molecule has 2 N–H and O–H groups in total. The molecule has 0 radical (unpaired) electrons. The monoisotopic (exact) mass is 218 g/mol. The van der Waals surface area contributed by atoms with Gasteiger partial charge in [0.2, 0.25) is 0 Å². The molecule has 0 aromatic heterocycles. The van der Waals surface area contributed by atoms with Crippen molar-refractivity contribution in [3.05, 3.63) is 29.8 Å². The van der Waals surface area contributed by atoms with Crippen molar-refractivity contribution in [1.82, 2.24) is 0 Å². The van der Waals surface area contributed by atoms with Crippen LogP contribution in [-0.4, -0.2) is 19.6 Å². The van der Waals surface area contributed by atoms with Gasteiger partial charge in [0.05, 0.1) is 0 Å². The minimum Gasteiger partial charge on any atom is -0.374 e. The van der Waals surface area contributed by atoms with Gasteiger partial charge in [-0.1, -0.05) is 24.1 Å². The average Bonchev–Trinajstić information content (AvgIpc) is 2.65. The van der Waals surface area contributed by atoms with Crippen LogP contribution in [0.5, 0.6) is 0 Å². The summed E-state index contributed by atoms with van der Waals surface area (Å²) >= 11 is 0. The summed E-state index contributed by atoms with van der Waals surface area (Å²) in [6.45, 7) is 3.21. The third-order valence-corrected chi connectivity index (χ3v) is 3.70. The maximum absolute atomic E-state index is 6.10.